The molecule has 2 aromatic rings. The molecule has 1 atom stereocenters. The fourth-order valence-electron chi connectivity index (χ4n) is 6.77. The van der Waals surface area contributed by atoms with Gasteiger partial charge in [-0.3, -0.25) is 4.79 Å². The van der Waals surface area contributed by atoms with Crippen LogP contribution in [0.3, 0.4) is 0 Å². The van der Waals surface area contributed by atoms with Gasteiger partial charge in [-0.2, -0.15) is 0 Å². The molecule has 6 rings (SSSR count). The largest absolute Gasteiger partial charge is 0.352 e. The minimum absolute atomic E-state index is 0.141. The standard InChI is InChI=1S/C25H33N3OS/c1-16-22(11-18-6-4-3-5-7-18)28-24(26-16)30-15-23(29)27-17(2)25-12-19-8-20(13-25)10-21(9-19)14-25/h3-7,17,19-21H,8-15H2,1-2H3,(H,26,28)(H,27,29)/t17-,19?,20?,21?,25?/m0/s1. The number of nitrogens with one attached hydrogen (secondary N) is 2. The highest BCUT2D eigenvalue weighted by Crippen LogP contribution is 2.61. The quantitative estimate of drug-likeness (QED) is 0.608. The maximum atomic E-state index is 12.7. The molecule has 160 valence electrons. The molecule has 1 aromatic carbocycles. The van der Waals surface area contributed by atoms with Crippen LogP contribution in [0.1, 0.15) is 62.4 Å². The summed E-state index contributed by atoms with van der Waals surface area (Å²) in [6.07, 6.45) is 9.13. The predicted molar refractivity (Wildman–Crippen MR) is 122 cm³/mol. The number of imidazole rings is 1. The molecule has 1 aromatic heterocycles. The van der Waals surface area contributed by atoms with Crippen molar-refractivity contribution in [2.45, 2.75) is 70.0 Å². The summed E-state index contributed by atoms with van der Waals surface area (Å²) in [6.45, 7) is 4.31. The van der Waals surface area contributed by atoms with Crippen molar-refractivity contribution in [3.05, 3.63) is 47.3 Å². The summed E-state index contributed by atoms with van der Waals surface area (Å²) in [5.41, 5.74) is 3.76. The second kappa shape index (κ2) is 8.07. The molecule has 30 heavy (non-hydrogen) atoms. The molecule has 0 unspecified atom stereocenters. The van der Waals surface area contributed by atoms with Gasteiger partial charge in [-0.05, 0) is 81.1 Å². The second-order valence-corrected chi connectivity index (χ2v) is 11.1. The van der Waals surface area contributed by atoms with E-state index in [9.17, 15) is 4.79 Å². The van der Waals surface area contributed by atoms with E-state index in [1.54, 1.807) is 0 Å². The van der Waals surface area contributed by atoms with Crippen molar-refractivity contribution in [3.63, 3.8) is 0 Å². The van der Waals surface area contributed by atoms with Crippen molar-refractivity contribution in [1.29, 1.82) is 0 Å². The van der Waals surface area contributed by atoms with Gasteiger partial charge in [0.15, 0.2) is 5.16 Å². The summed E-state index contributed by atoms with van der Waals surface area (Å²) < 4.78 is 0. The Morgan fingerprint density at radius 3 is 2.43 bits per heavy atom. The van der Waals surface area contributed by atoms with Crippen molar-refractivity contribution < 1.29 is 4.79 Å². The second-order valence-electron chi connectivity index (χ2n) is 10.1. The molecule has 4 nitrogen and oxygen atoms in total. The number of thioether (sulfide) groups is 1. The lowest BCUT2D eigenvalue weighted by Crippen LogP contribution is -2.56. The van der Waals surface area contributed by atoms with Crippen LogP contribution < -0.4 is 5.32 Å². The third kappa shape index (κ3) is 4.05. The van der Waals surface area contributed by atoms with E-state index >= 15 is 0 Å². The first-order valence-electron chi connectivity index (χ1n) is 11.5. The molecular weight excluding hydrogens is 390 g/mol. The van der Waals surface area contributed by atoms with Gasteiger partial charge >= 0.3 is 0 Å². The topological polar surface area (TPSA) is 57.8 Å². The van der Waals surface area contributed by atoms with Gasteiger partial charge in [-0.25, -0.2) is 4.98 Å². The maximum absolute atomic E-state index is 12.7. The minimum atomic E-state index is 0.141. The molecule has 4 fully saturated rings. The van der Waals surface area contributed by atoms with Gasteiger partial charge in [-0.15, -0.1) is 0 Å². The van der Waals surface area contributed by atoms with Crippen LogP contribution in [0, 0.1) is 30.1 Å². The average Bonchev–Trinajstić information content (AvgIpc) is 3.05. The Morgan fingerprint density at radius 2 is 1.80 bits per heavy atom. The Kier molecular flexibility index (Phi) is 5.42. The molecule has 2 N–H and O–H groups in total. The Hall–Kier alpha value is -1.75. The van der Waals surface area contributed by atoms with E-state index in [1.807, 2.05) is 6.07 Å². The first kappa shape index (κ1) is 20.2. The smallest absolute Gasteiger partial charge is 0.230 e. The number of benzene rings is 1. The summed E-state index contributed by atoms with van der Waals surface area (Å²) in [5.74, 6) is 3.31. The molecule has 4 aliphatic carbocycles. The first-order chi connectivity index (χ1) is 14.5. The van der Waals surface area contributed by atoms with Crippen LogP contribution in [-0.2, 0) is 11.2 Å². The summed E-state index contributed by atoms with van der Waals surface area (Å²) in [7, 11) is 0. The third-order valence-electron chi connectivity index (χ3n) is 7.90. The maximum Gasteiger partial charge on any atom is 0.230 e. The molecule has 0 radical (unpaired) electrons. The number of hydrogen-bond acceptors (Lipinski definition) is 3. The number of aryl methyl sites for hydroxylation is 1. The highest BCUT2D eigenvalue weighted by molar-refractivity contribution is 7.99. The Balaban J connectivity index is 1.16. The van der Waals surface area contributed by atoms with E-state index < -0.39 is 0 Å². The SMILES string of the molecule is Cc1[nH]c(SCC(=O)N[C@@H](C)C23CC4CC(CC(C4)C2)C3)nc1Cc1ccccc1. The Bertz CT molecular complexity index is 871. The summed E-state index contributed by atoms with van der Waals surface area (Å²) >= 11 is 1.51. The van der Waals surface area contributed by atoms with Crippen LogP contribution in [0.4, 0.5) is 0 Å². The summed E-state index contributed by atoms with van der Waals surface area (Å²) in [6, 6.07) is 10.7. The Labute approximate surface area is 184 Å². The number of rotatable bonds is 7. The molecule has 0 aliphatic heterocycles. The highest BCUT2D eigenvalue weighted by Gasteiger charge is 2.53. The van der Waals surface area contributed by atoms with Crippen molar-refractivity contribution >= 4 is 17.7 Å². The normalized spacial score (nSPS) is 30.4. The predicted octanol–water partition coefficient (Wildman–Crippen LogP) is 5.12. The van der Waals surface area contributed by atoms with E-state index in [-0.39, 0.29) is 11.9 Å². The van der Waals surface area contributed by atoms with Crippen molar-refractivity contribution in [2.75, 3.05) is 5.75 Å². The lowest BCUT2D eigenvalue weighted by molar-refractivity contribution is -0.123. The number of aromatic amines is 1. The molecule has 0 spiro atoms. The zero-order valence-electron chi connectivity index (χ0n) is 18.1. The van der Waals surface area contributed by atoms with Gasteiger partial charge in [0.1, 0.15) is 0 Å². The van der Waals surface area contributed by atoms with Crippen LogP contribution >= 0.6 is 11.8 Å². The van der Waals surface area contributed by atoms with Gasteiger partial charge in [0.25, 0.3) is 0 Å². The van der Waals surface area contributed by atoms with Crippen LogP contribution in [0.2, 0.25) is 0 Å². The van der Waals surface area contributed by atoms with Gasteiger partial charge in [-0.1, -0.05) is 42.1 Å². The molecule has 4 saturated carbocycles. The number of hydrogen-bond donors (Lipinski definition) is 2. The number of H-pyrrole nitrogens is 1. The van der Waals surface area contributed by atoms with Crippen molar-refractivity contribution in [2.24, 2.45) is 23.2 Å². The van der Waals surface area contributed by atoms with Gasteiger partial charge in [0.05, 0.1) is 11.4 Å². The van der Waals surface area contributed by atoms with Crippen LogP contribution in [0.25, 0.3) is 0 Å². The third-order valence-corrected chi connectivity index (χ3v) is 8.77. The van der Waals surface area contributed by atoms with E-state index in [4.69, 9.17) is 4.98 Å². The summed E-state index contributed by atoms with van der Waals surface area (Å²) in [5, 5.41) is 4.21. The fraction of sp³-hybridized carbons (Fsp3) is 0.600. The Morgan fingerprint density at radius 1 is 1.17 bits per heavy atom. The van der Waals surface area contributed by atoms with E-state index in [0.717, 1.165) is 40.7 Å². The lowest BCUT2D eigenvalue weighted by Gasteiger charge is -2.59. The average molecular weight is 424 g/mol. The lowest BCUT2D eigenvalue weighted by atomic mass is 9.48. The van der Waals surface area contributed by atoms with Gasteiger partial charge in [0.2, 0.25) is 5.91 Å². The van der Waals surface area contributed by atoms with E-state index in [0.29, 0.717) is 11.2 Å². The van der Waals surface area contributed by atoms with Crippen molar-refractivity contribution in [1.82, 2.24) is 15.3 Å². The van der Waals surface area contributed by atoms with E-state index in [2.05, 4.69) is 48.4 Å². The minimum Gasteiger partial charge on any atom is -0.352 e. The zero-order chi connectivity index (χ0) is 20.7. The number of nitrogens with zero attached hydrogens (tertiary/aromatic N) is 1. The van der Waals surface area contributed by atoms with Crippen LogP contribution in [-0.4, -0.2) is 27.7 Å². The molecule has 4 aliphatic rings. The number of carbonyl (C=O) groups excluding carboxylic acids is 1. The number of aromatic nitrogens is 2. The fourth-order valence-corrected chi connectivity index (χ4v) is 7.53. The molecule has 1 amide bonds. The van der Waals surface area contributed by atoms with Gasteiger partial charge in [0, 0.05) is 18.2 Å². The van der Waals surface area contributed by atoms with E-state index in [1.165, 1.54) is 55.9 Å². The summed E-state index contributed by atoms with van der Waals surface area (Å²) in [4.78, 5) is 20.8. The number of carbonyl (C=O) groups is 1. The van der Waals surface area contributed by atoms with Gasteiger partial charge < -0.3 is 10.3 Å². The zero-order valence-corrected chi connectivity index (χ0v) is 18.9. The molecule has 0 saturated heterocycles. The number of amides is 1. The van der Waals surface area contributed by atoms with Crippen molar-refractivity contribution in [3.8, 4) is 0 Å². The molecule has 1 heterocycles. The first-order valence-corrected chi connectivity index (χ1v) is 12.5. The molecule has 5 heteroatoms. The molecular formula is C25H33N3OS. The highest BCUT2D eigenvalue weighted by atomic mass is 32.2. The molecule has 4 bridgehead atoms. The monoisotopic (exact) mass is 423 g/mol. The van der Waals surface area contributed by atoms with Crippen LogP contribution in [0.5, 0.6) is 0 Å². The van der Waals surface area contributed by atoms with Crippen LogP contribution in [0.15, 0.2) is 35.5 Å².